The maximum atomic E-state index is 11.0. The third-order valence-corrected chi connectivity index (χ3v) is 5.30. The fraction of sp³-hybridized carbons (Fsp3) is 0.111. The Hall–Kier alpha value is -2.71. The van der Waals surface area contributed by atoms with Gasteiger partial charge in [-0.05, 0) is 30.3 Å². The van der Waals surface area contributed by atoms with Crippen LogP contribution in [0.15, 0.2) is 52.9 Å². The maximum absolute atomic E-state index is 11.0. The molecule has 1 aromatic heterocycles. The summed E-state index contributed by atoms with van der Waals surface area (Å²) < 4.78 is 13.8. The van der Waals surface area contributed by atoms with Gasteiger partial charge in [0.2, 0.25) is 0 Å². The van der Waals surface area contributed by atoms with Gasteiger partial charge in [0.15, 0.2) is 0 Å². The smallest absolute Gasteiger partial charge is 0.335 e. The van der Waals surface area contributed by atoms with Crippen molar-refractivity contribution < 1.29 is 19.4 Å². The van der Waals surface area contributed by atoms with Gasteiger partial charge in [0, 0.05) is 17.3 Å². The quantitative estimate of drug-likeness (QED) is 0.571. The molecule has 2 aromatic carbocycles. The molecule has 0 amide bonds. The lowest BCUT2D eigenvalue weighted by atomic mass is 10.2. The van der Waals surface area contributed by atoms with Crippen LogP contribution in [0.2, 0.25) is 0 Å². The molecule has 0 bridgehead atoms. The van der Waals surface area contributed by atoms with E-state index >= 15 is 0 Å². The van der Waals surface area contributed by atoms with Crippen molar-refractivity contribution in [2.45, 2.75) is 5.03 Å². The number of thiazole rings is 1. The van der Waals surface area contributed by atoms with Crippen molar-refractivity contribution in [3.63, 3.8) is 0 Å². The second-order valence-corrected chi connectivity index (χ2v) is 6.80. The Morgan fingerprint density at radius 3 is 2.65 bits per heavy atom. The van der Waals surface area contributed by atoms with Crippen LogP contribution in [0.4, 0.5) is 5.69 Å². The molecule has 0 atom stereocenters. The van der Waals surface area contributed by atoms with E-state index in [0.717, 1.165) is 21.3 Å². The SMILES string of the molecule is COc1cc(C(=O)O)ccc1NSc1csc(-c2ccccc2OC)n1. The first-order valence-corrected chi connectivity index (χ1v) is 9.25. The Morgan fingerprint density at radius 1 is 1.15 bits per heavy atom. The van der Waals surface area contributed by atoms with E-state index in [1.807, 2.05) is 29.6 Å². The van der Waals surface area contributed by atoms with Crippen molar-refractivity contribution in [1.82, 2.24) is 4.98 Å². The number of hydrogen-bond acceptors (Lipinski definition) is 7. The molecule has 134 valence electrons. The van der Waals surface area contributed by atoms with E-state index in [2.05, 4.69) is 9.71 Å². The van der Waals surface area contributed by atoms with Crippen LogP contribution in [0.3, 0.4) is 0 Å². The lowest BCUT2D eigenvalue weighted by Gasteiger charge is -2.10. The maximum Gasteiger partial charge on any atom is 0.335 e. The highest BCUT2D eigenvalue weighted by Crippen LogP contribution is 2.35. The highest BCUT2D eigenvalue weighted by atomic mass is 32.2. The standard InChI is InChI=1S/C18H16N2O4S2/c1-23-14-6-4-3-5-12(14)17-19-16(10-25-17)26-20-13-8-7-11(18(21)22)9-15(13)24-2/h3-10,20H,1-2H3,(H,21,22). The zero-order valence-corrected chi connectivity index (χ0v) is 15.7. The van der Waals surface area contributed by atoms with Gasteiger partial charge in [0.05, 0.1) is 31.0 Å². The van der Waals surface area contributed by atoms with Crippen LogP contribution < -0.4 is 14.2 Å². The van der Waals surface area contributed by atoms with Gasteiger partial charge in [-0.3, -0.25) is 0 Å². The first-order valence-electron chi connectivity index (χ1n) is 7.55. The van der Waals surface area contributed by atoms with E-state index < -0.39 is 5.97 Å². The van der Waals surface area contributed by atoms with Gasteiger partial charge in [-0.25, -0.2) is 9.78 Å². The number of rotatable bonds is 7. The van der Waals surface area contributed by atoms with Crippen molar-refractivity contribution in [2.24, 2.45) is 0 Å². The number of benzene rings is 2. The lowest BCUT2D eigenvalue weighted by molar-refractivity contribution is 0.0696. The monoisotopic (exact) mass is 388 g/mol. The van der Waals surface area contributed by atoms with E-state index in [1.54, 1.807) is 13.2 Å². The fourth-order valence-electron chi connectivity index (χ4n) is 2.27. The van der Waals surface area contributed by atoms with Crippen LogP contribution in [0, 0.1) is 0 Å². The summed E-state index contributed by atoms with van der Waals surface area (Å²) in [5.74, 6) is 0.235. The van der Waals surface area contributed by atoms with Crippen molar-refractivity contribution in [3.05, 3.63) is 53.4 Å². The second-order valence-electron chi connectivity index (χ2n) is 5.12. The Morgan fingerprint density at radius 2 is 1.92 bits per heavy atom. The number of carboxylic acids is 1. The number of ether oxygens (including phenoxy) is 2. The van der Waals surface area contributed by atoms with Gasteiger partial charge < -0.3 is 19.3 Å². The van der Waals surface area contributed by atoms with Crippen molar-refractivity contribution in [3.8, 4) is 22.1 Å². The van der Waals surface area contributed by atoms with Crippen molar-refractivity contribution in [2.75, 3.05) is 18.9 Å². The average molecular weight is 388 g/mol. The Bertz CT molecular complexity index is 927. The van der Waals surface area contributed by atoms with Gasteiger partial charge in [-0.15, -0.1) is 11.3 Å². The summed E-state index contributed by atoms with van der Waals surface area (Å²) in [6.45, 7) is 0. The third-order valence-electron chi connectivity index (χ3n) is 3.53. The number of aromatic carboxylic acids is 1. The Balaban J connectivity index is 1.75. The highest BCUT2D eigenvalue weighted by Gasteiger charge is 2.12. The molecule has 3 aromatic rings. The molecule has 0 aliphatic heterocycles. The predicted octanol–water partition coefficient (Wildman–Crippen LogP) is 4.64. The number of para-hydroxylation sites is 1. The molecule has 3 rings (SSSR count). The van der Waals surface area contributed by atoms with E-state index in [1.165, 1.54) is 42.5 Å². The number of carbonyl (C=O) groups is 1. The average Bonchev–Trinajstić information content (AvgIpc) is 3.14. The number of nitrogens with zero attached hydrogens (tertiary/aromatic N) is 1. The summed E-state index contributed by atoms with van der Waals surface area (Å²) >= 11 is 2.85. The zero-order valence-electron chi connectivity index (χ0n) is 14.1. The molecule has 0 spiro atoms. The molecule has 0 aliphatic rings. The van der Waals surface area contributed by atoms with Crippen molar-refractivity contribution >= 4 is 34.9 Å². The summed E-state index contributed by atoms with van der Waals surface area (Å²) in [6.07, 6.45) is 0. The van der Waals surface area contributed by atoms with Gasteiger partial charge in [0.1, 0.15) is 21.5 Å². The number of anilines is 1. The highest BCUT2D eigenvalue weighted by molar-refractivity contribution is 8.00. The van der Waals surface area contributed by atoms with E-state index in [9.17, 15) is 4.79 Å². The number of aromatic nitrogens is 1. The van der Waals surface area contributed by atoms with Crippen LogP contribution in [-0.4, -0.2) is 30.3 Å². The topological polar surface area (TPSA) is 80.7 Å². The first kappa shape index (κ1) is 18.1. The predicted molar refractivity (Wildman–Crippen MR) is 104 cm³/mol. The second kappa shape index (κ2) is 8.11. The van der Waals surface area contributed by atoms with Crippen LogP contribution in [0.5, 0.6) is 11.5 Å². The minimum absolute atomic E-state index is 0.171. The minimum Gasteiger partial charge on any atom is -0.496 e. The first-order chi connectivity index (χ1) is 12.6. The van der Waals surface area contributed by atoms with Gasteiger partial charge >= 0.3 is 5.97 Å². The van der Waals surface area contributed by atoms with E-state index in [-0.39, 0.29) is 5.56 Å². The number of hydrogen-bond donors (Lipinski definition) is 2. The van der Waals surface area contributed by atoms with E-state index in [4.69, 9.17) is 14.6 Å². The van der Waals surface area contributed by atoms with E-state index in [0.29, 0.717) is 11.4 Å². The van der Waals surface area contributed by atoms with Crippen LogP contribution in [0.1, 0.15) is 10.4 Å². The normalized spacial score (nSPS) is 10.4. The van der Waals surface area contributed by atoms with Gasteiger partial charge in [0.25, 0.3) is 0 Å². The molecule has 0 unspecified atom stereocenters. The van der Waals surface area contributed by atoms with Crippen LogP contribution >= 0.6 is 23.3 Å². The summed E-state index contributed by atoms with van der Waals surface area (Å²) in [5.41, 5.74) is 1.79. The molecule has 0 aliphatic carbocycles. The third kappa shape index (κ3) is 3.92. The van der Waals surface area contributed by atoms with Crippen LogP contribution in [-0.2, 0) is 0 Å². The minimum atomic E-state index is -0.997. The Kier molecular flexibility index (Phi) is 5.65. The molecule has 6 nitrogen and oxygen atoms in total. The number of nitrogens with one attached hydrogen (secondary N) is 1. The molecular formula is C18H16N2O4S2. The molecule has 0 radical (unpaired) electrons. The summed E-state index contributed by atoms with van der Waals surface area (Å²) in [6, 6.07) is 12.4. The number of methoxy groups -OCH3 is 2. The largest absolute Gasteiger partial charge is 0.496 e. The molecular weight excluding hydrogens is 372 g/mol. The summed E-state index contributed by atoms with van der Waals surface area (Å²) in [4.78, 5) is 15.7. The molecule has 2 N–H and O–H groups in total. The summed E-state index contributed by atoms with van der Waals surface area (Å²) in [7, 11) is 3.14. The van der Waals surface area contributed by atoms with Crippen LogP contribution in [0.25, 0.3) is 10.6 Å². The molecule has 1 heterocycles. The molecule has 0 fully saturated rings. The lowest BCUT2D eigenvalue weighted by Crippen LogP contribution is -1.99. The summed E-state index contributed by atoms with van der Waals surface area (Å²) in [5, 5.41) is 12.7. The Labute approximate surface area is 158 Å². The molecule has 0 saturated heterocycles. The zero-order chi connectivity index (χ0) is 18.5. The molecule has 8 heteroatoms. The fourth-order valence-corrected chi connectivity index (χ4v) is 3.89. The van der Waals surface area contributed by atoms with Crippen molar-refractivity contribution in [1.29, 1.82) is 0 Å². The molecule has 0 saturated carbocycles. The van der Waals surface area contributed by atoms with Gasteiger partial charge in [-0.2, -0.15) is 0 Å². The number of carboxylic acid groups (broad SMARTS) is 1. The molecule has 26 heavy (non-hydrogen) atoms. The van der Waals surface area contributed by atoms with Gasteiger partial charge in [-0.1, -0.05) is 12.1 Å².